The van der Waals surface area contributed by atoms with Crippen LogP contribution in [0, 0.1) is 32.8 Å². The summed E-state index contributed by atoms with van der Waals surface area (Å²) in [6.45, 7) is 0.873. The normalized spacial score (nSPS) is 9.77. The van der Waals surface area contributed by atoms with Gasteiger partial charge in [0.1, 0.15) is 0 Å². The molecule has 0 fully saturated rings. The molecule has 8 heteroatoms. The first kappa shape index (κ1) is 17.1. The molecule has 8 nitrogen and oxygen atoms in total. The predicted octanol–water partition coefficient (Wildman–Crippen LogP) is 1.66. The molecule has 1 aromatic rings. The minimum absolute atomic E-state index is 0.0531. The molecule has 0 aliphatic heterocycles. The van der Waals surface area contributed by atoms with Crippen LogP contribution in [0.4, 0.5) is 11.4 Å². The van der Waals surface area contributed by atoms with Gasteiger partial charge in [-0.05, 0) is 12.1 Å². The van der Waals surface area contributed by atoms with Crippen molar-refractivity contribution in [1.82, 2.24) is 4.90 Å². The van der Waals surface area contributed by atoms with Crippen molar-refractivity contribution in [3.63, 3.8) is 0 Å². The molecule has 0 aromatic heterocycles. The van der Waals surface area contributed by atoms with Crippen molar-refractivity contribution in [1.29, 1.82) is 10.5 Å². The summed E-state index contributed by atoms with van der Waals surface area (Å²) in [5.74, 6) is -0.301. The van der Waals surface area contributed by atoms with Crippen LogP contribution >= 0.6 is 0 Å². The number of hydrogen-bond acceptors (Lipinski definition) is 6. The molecule has 0 unspecified atom stereocenters. The van der Waals surface area contributed by atoms with Crippen LogP contribution in [0.2, 0.25) is 0 Å². The topological polar surface area (TPSA) is 123 Å². The van der Waals surface area contributed by atoms with E-state index in [4.69, 9.17) is 10.5 Å². The molecule has 0 radical (unpaired) electrons. The zero-order chi connectivity index (χ0) is 16.4. The van der Waals surface area contributed by atoms with Crippen LogP contribution in [0.25, 0.3) is 0 Å². The van der Waals surface area contributed by atoms with Crippen molar-refractivity contribution in [3.05, 3.63) is 34.4 Å². The zero-order valence-corrected chi connectivity index (χ0v) is 11.9. The summed E-state index contributed by atoms with van der Waals surface area (Å²) in [6, 6.07) is 9.50. The number of rotatable bonds is 8. The van der Waals surface area contributed by atoms with Crippen molar-refractivity contribution in [2.45, 2.75) is 12.8 Å². The monoisotopic (exact) mass is 301 g/mol. The van der Waals surface area contributed by atoms with Gasteiger partial charge in [-0.2, -0.15) is 10.5 Å². The van der Waals surface area contributed by atoms with Gasteiger partial charge in [-0.3, -0.25) is 19.8 Å². The lowest BCUT2D eigenvalue weighted by molar-refractivity contribution is -0.384. The maximum absolute atomic E-state index is 11.9. The van der Waals surface area contributed by atoms with E-state index in [0.717, 1.165) is 0 Å². The number of nitrogens with one attached hydrogen (secondary N) is 1. The van der Waals surface area contributed by atoms with Crippen molar-refractivity contribution >= 4 is 17.3 Å². The first-order valence-corrected chi connectivity index (χ1v) is 6.57. The molecule has 0 atom stereocenters. The average Bonchev–Trinajstić information content (AvgIpc) is 2.50. The van der Waals surface area contributed by atoms with Crippen LogP contribution in [0.3, 0.4) is 0 Å². The predicted molar refractivity (Wildman–Crippen MR) is 78.6 cm³/mol. The molecule has 0 bridgehead atoms. The van der Waals surface area contributed by atoms with Gasteiger partial charge in [0.25, 0.3) is 5.69 Å². The van der Waals surface area contributed by atoms with E-state index in [2.05, 4.69) is 5.32 Å². The molecule has 0 aliphatic rings. The molecular weight excluding hydrogens is 286 g/mol. The summed E-state index contributed by atoms with van der Waals surface area (Å²) in [4.78, 5) is 23.7. The maximum atomic E-state index is 11.9. The van der Waals surface area contributed by atoms with Crippen molar-refractivity contribution in [2.75, 3.05) is 25.0 Å². The van der Waals surface area contributed by atoms with E-state index in [9.17, 15) is 14.9 Å². The largest absolute Gasteiger partial charge is 0.325 e. The molecule has 114 valence electrons. The molecule has 0 heterocycles. The molecule has 0 spiro atoms. The fraction of sp³-hybridized carbons (Fsp3) is 0.357. The maximum Gasteiger partial charge on any atom is 0.269 e. The second-order valence-corrected chi connectivity index (χ2v) is 4.44. The summed E-state index contributed by atoms with van der Waals surface area (Å²) in [5.41, 5.74) is 0.402. The third-order valence-electron chi connectivity index (χ3n) is 2.81. The fourth-order valence-electron chi connectivity index (χ4n) is 1.76. The molecule has 0 saturated carbocycles. The Labute approximate surface area is 127 Å². The molecule has 1 amide bonds. The minimum atomic E-state index is -0.517. The average molecular weight is 301 g/mol. The quantitative estimate of drug-likeness (QED) is 0.575. The highest BCUT2D eigenvalue weighted by Gasteiger charge is 2.11. The number of nitrogens with zero attached hydrogens (tertiary/aromatic N) is 4. The molecule has 0 aliphatic carbocycles. The number of nitro groups is 1. The highest BCUT2D eigenvalue weighted by molar-refractivity contribution is 5.92. The van der Waals surface area contributed by atoms with Crippen molar-refractivity contribution in [2.24, 2.45) is 0 Å². The van der Waals surface area contributed by atoms with Crippen LogP contribution in [0.5, 0.6) is 0 Å². The van der Waals surface area contributed by atoms with Gasteiger partial charge in [-0.15, -0.1) is 0 Å². The van der Waals surface area contributed by atoms with Gasteiger partial charge in [0.05, 0.1) is 23.6 Å². The van der Waals surface area contributed by atoms with Crippen LogP contribution in [-0.4, -0.2) is 35.4 Å². The van der Waals surface area contributed by atoms with Gasteiger partial charge in [0.15, 0.2) is 0 Å². The van der Waals surface area contributed by atoms with Crippen molar-refractivity contribution in [3.8, 4) is 12.1 Å². The number of carbonyl (C=O) groups is 1. The minimum Gasteiger partial charge on any atom is -0.325 e. The van der Waals surface area contributed by atoms with Crippen LogP contribution in [0.1, 0.15) is 12.8 Å². The van der Waals surface area contributed by atoms with Gasteiger partial charge >= 0.3 is 0 Å². The Morgan fingerprint density at radius 2 is 1.73 bits per heavy atom. The first-order valence-electron chi connectivity index (χ1n) is 6.57. The third kappa shape index (κ3) is 5.99. The lowest BCUT2D eigenvalue weighted by Gasteiger charge is -2.19. The summed E-state index contributed by atoms with van der Waals surface area (Å²) in [6.07, 6.45) is 0.548. The summed E-state index contributed by atoms with van der Waals surface area (Å²) < 4.78 is 0. The Hall–Kier alpha value is -2.97. The molecule has 1 aromatic carbocycles. The molecular formula is C14H15N5O3. The van der Waals surface area contributed by atoms with Crippen LogP contribution in [0.15, 0.2) is 24.3 Å². The zero-order valence-electron chi connectivity index (χ0n) is 11.9. The van der Waals surface area contributed by atoms with Gasteiger partial charge in [0, 0.05) is 43.8 Å². The lowest BCUT2D eigenvalue weighted by Crippen LogP contribution is -2.34. The molecule has 0 saturated heterocycles. The second kappa shape index (κ2) is 9.06. The van der Waals surface area contributed by atoms with Gasteiger partial charge < -0.3 is 5.32 Å². The Kier molecular flexibility index (Phi) is 7.03. The standard InChI is InChI=1S/C14H15N5O3/c15-7-1-9-18(10-2-8-16)11-14(20)17-12-3-5-13(6-4-12)19(21)22/h3-6H,1-2,9-11H2,(H,17,20). The van der Waals surface area contributed by atoms with Crippen LogP contribution < -0.4 is 5.32 Å². The Balaban J connectivity index is 2.56. The fourth-order valence-corrected chi connectivity index (χ4v) is 1.76. The van der Waals surface area contributed by atoms with E-state index in [1.807, 2.05) is 12.1 Å². The summed E-state index contributed by atoms with van der Waals surface area (Å²) >= 11 is 0. The SMILES string of the molecule is N#CCCN(CCC#N)CC(=O)Nc1ccc([N+](=O)[O-])cc1. The number of amides is 1. The van der Waals surface area contributed by atoms with Gasteiger partial charge in [-0.1, -0.05) is 0 Å². The van der Waals surface area contributed by atoms with E-state index >= 15 is 0 Å². The number of benzene rings is 1. The lowest BCUT2D eigenvalue weighted by atomic mass is 10.3. The molecule has 1 rings (SSSR count). The van der Waals surface area contributed by atoms with Crippen molar-refractivity contribution < 1.29 is 9.72 Å². The molecule has 1 N–H and O–H groups in total. The highest BCUT2D eigenvalue weighted by atomic mass is 16.6. The number of nitro benzene ring substituents is 1. The Morgan fingerprint density at radius 3 is 2.18 bits per heavy atom. The van der Waals surface area contributed by atoms with Gasteiger partial charge in [-0.25, -0.2) is 0 Å². The van der Waals surface area contributed by atoms with E-state index in [1.165, 1.54) is 24.3 Å². The third-order valence-corrected chi connectivity index (χ3v) is 2.81. The number of hydrogen-bond donors (Lipinski definition) is 1. The first-order chi connectivity index (χ1) is 10.6. The Morgan fingerprint density at radius 1 is 1.18 bits per heavy atom. The summed E-state index contributed by atoms with van der Waals surface area (Å²) in [7, 11) is 0. The molecule has 22 heavy (non-hydrogen) atoms. The van der Waals surface area contributed by atoms with E-state index in [1.54, 1.807) is 4.90 Å². The number of anilines is 1. The smallest absolute Gasteiger partial charge is 0.269 e. The summed E-state index contributed by atoms with van der Waals surface area (Å²) in [5, 5.41) is 30.3. The van der Waals surface area contributed by atoms with Crippen LogP contribution in [-0.2, 0) is 4.79 Å². The number of nitriles is 2. The highest BCUT2D eigenvalue weighted by Crippen LogP contribution is 2.15. The second-order valence-electron chi connectivity index (χ2n) is 4.44. The van der Waals surface area contributed by atoms with E-state index < -0.39 is 4.92 Å². The number of carbonyl (C=O) groups excluding carboxylic acids is 1. The van der Waals surface area contributed by atoms with E-state index in [-0.39, 0.29) is 31.0 Å². The van der Waals surface area contributed by atoms with E-state index in [0.29, 0.717) is 18.8 Å². The van der Waals surface area contributed by atoms with Gasteiger partial charge in [0.2, 0.25) is 5.91 Å². The Bertz CT molecular complexity index is 582. The number of non-ortho nitro benzene ring substituents is 1.